The lowest BCUT2D eigenvalue weighted by molar-refractivity contribution is 0.315. The van der Waals surface area contributed by atoms with E-state index in [1.807, 2.05) is 0 Å². The van der Waals surface area contributed by atoms with Gasteiger partial charge >= 0.3 is 0 Å². The van der Waals surface area contributed by atoms with Crippen LogP contribution in [0.25, 0.3) is 0 Å². The zero-order valence-corrected chi connectivity index (χ0v) is 9.79. The largest absolute Gasteiger partial charge is 0.360 e. The minimum Gasteiger partial charge on any atom is -0.360 e. The van der Waals surface area contributed by atoms with E-state index in [0.29, 0.717) is 17.7 Å². The summed E-state index contributed by atoms with van der Waals surface area (Å²) >= 11 is 5.09. The van der Waals surface area contributed by atoms with Crippen molar-refractivity contribution in [1.82, 2.24) is 10.6 Å². The summed E-state index contributed by atoms with van der Waals surface area (Å²) < 4.78 is 0. The Morgan fingerprint density at radius 2 is 2.08 bits per heavy atom. The van der Waals surface area contributed by atoms with Gasteiger partial charge in [-0.15, -0.1) is 6.58 Å². The smallest absolute Gasteiger partial charge is 0.166 e. The van der Waals surface area contributed by atoms with Crippen LogP contribution in [0.4, 0.5) is 0 Å². The molecule has 13 heavy (non-hydrogen) atoms. The number of nitrogens with one attached hydrogen (secondary N) is 2. The first-order valence-corrected chi connectivity index (χ1v) is 4.94. The Morgan fingerprint density at radius 3 is 2.46 bits per heavy atom. The number of hydrogen-bond acceptors (Lipinski definition) is 1. The van der Waals surface area contributed by atoms with Gasteiger partial charge in [-0.25, -0.2) is 0 Å². The monoisotopic (exact) mass is 200 g/mol. The van der Waals surface area contributed by atoms with Gasteiger partial charge in [-0.1, -0.05) is 26.8 Å². The molecule has 2 nitrogen and oxygen atoms in total. The Kier molecular flexibility index (Phi) is 4.99. The molecule has 0 amide bonds. The Labute approximate surface area is 86.8 Å². The van der Waals surface area contributed by atoms with Crippen LogP contribution in [0.15, 0.2) is 12.7 Å². The van der Waals surface area contributed by atoms with E-state index in [9.17, 15) is 0 Å². The van der Waals surface area contributed by atoms with Gasteiger partial charge in [0.25, 0.3) is 0 Å². The summed E-state index contributed by atoms with van der Waals surface area (Å²) in [4.78, 5) is 0. The molecule has 0 spiro atoms. The number of hydrogen-bond donors (Lipinski definition) is 2. The average Bonchev–Trinajstić information content (AvgIpc) is 1.99. The first-order chi connectivity index (χ1) is 5.88. The molecule has 0 saturated heterocycles. The maximum Gasteiger partial charge on any atom is 0.166 e. The van der Waals surface area contributed by atoms with Crippen molar-refractivity contribution in [2.24, 2.45) is 5.41 Å². The molecule has 0 bridgehead atoms. The maximum atomic E-state index is 5.09. The van der Waals surface area contributed by atoms with Gasteiger partial charge in [-0.2, -0.15) is 0 Å². The van der Waals surface area contributed by atoms with Gasteiger partial charge < -0.3 is 10.6 Å². The van der Waals surface area contributed by atoms with E-state index in [1.165, 1.54) is 0 Å². The highest BCUT2D eigenvalue weighted by molar-refractivity contribution is 7.80. The second-order valence-electron chi connectivity index (χ2n) is 4.23. The molecular formula is C10H20N2S. The van der Waals surface area contributed by atoms with Gasteiger partial charge in [-0.05, 0) is 24.6 Å². The van der Waals surface area contributed by atoms with Crippen molar-refractivity contribution < 1.29 is 0 Å². The van der Waals surface area contributed by atoms with Gasteiger partial charge in [0.2, 0.25) is 0 Å². The summed E-state index contributed by atoms with van der Waals surface area (Å²) in [6, 6.07) is 0.359. The third-order valence-electron chi connectivity index (χ3n) is 2.05. The lowest BCUT2D eigenvalue weighted by atomic mass is 9.88. The van der Waals surface area contributed by atoms with Crippen molar-refractivity contribution >= 4 is 17.3 Å². The Balaban J connectivity index is 3.85. The van der Waals surface area contributed by atoms with E-state index in [2.05, 4.69) is 44.9 Å². The second kappa shape index (κ2) is 5.22. The van der Waals surface area contributed by atoms with Crippen LogP contribution < -0.4 is 10.6 Å². The predicted octanol–water partition coefficient (Wildman–Crippen LogP) is 2.07. The minimum absolute atomic E-state index is 0.222. The first kappa shape index (κ1) is 12.4. The lowest BCUT2D eigenvalue weighted by Crippen LogP contribution is -2.46. The van der Waals surface area contributed by atoms with Crippen LogP contribution in [0, 0.1) is 5.41 Å². The van der Waals surface area contributed by atoms with Gasteiger partial charge in [-0.3, -0.25) is 0 Å². The fourth-order valence-corrected chi connectivity index (χ4v) is 0.889. The van der Waals surface area contributed by atoms with Crippen molar-refractivity contribution in [3.8, 4) is 0 Å². The van der Waals surface area contributed by atoms with Crippen LogP contribution in [-0.2, 0) is 0 Å². The molecule has 0 aliphatic carbocycles. The van der Waals surface area contributed by atoms with E-state index >= 15 is 0 Å². The van der Waals surface area contributed by atoms with Crippen LogP contribution in [0.5, 0.6) is 0 Å². The summed E-state index contributed by atoms with van der Waals surface area (Å²) in [5.41, 5.74) is 0.222. The molecule has 0 aliphatic heterocycles. The average molecular weight is 200 g/mol. The predicted molar refractivity (Wildman–Crippen MR) is 62.9 cm³/mol. The summed E-state index contributed by atoms with van der Waals surface area (Å²) in [7, 11) is 0. The molecule has 0 rings (SSSR count). The van der Waals surface area contributed by atoms with E-state index < -0.39 is 0 Å². The summed E-state index contributed by atoms with van der Waals surface area (Å²) in [6.45, 7) is 13.0. The van der Waals surface area contributed by atoms with Gasteiger partial charge in [0.1, 0.15) is 0 Å². The normalized spacial score (nSPS) is 13.2. The molecule has 0 aromatic heterocycles. The van der Waals surface area contributed by atoms with Crippen LogP contribution in [-0.4, -0.2) is 17.7 Å². The zero-order chi connectivity index (χ0) is 10.5. The molecule has 0 saturated carbocycles. The van der Waals surface area contributed by atoms with Crippen molar-refractivity contribution in [3.63, 3.8) is 0 Å². The molecule has 0 aromatic carbocycles. The molecular weight excluding hydrogens is 180 g/mol. The van der Waals surface area contributed by atoms with Crippen molar-refractivity contribution in [3.05, 3.63) is 12.7 Å². The van der Waals surface area contributed by atoms with E-state index in [4.69, 9.17) is 12.2 Å². The molecule has 0 aromatic rings. The second-order valence-corrected chi connectivity index (χ2v) is 4.64. The highest BCUT2D eigenvalue weighted by atomic mass is 32.1. The van der Waals surface area contributed by atoms with Crippen LogP contribution in [0.1, 0.15) is 27.7 Å². The van der Waals surface area contributed by atoms with Crippen LogP contribution >= 0.6 is 12.2 Å². The minimum atomic E-state index is 0.222. The Bertz CT molecular complexity index is 182. The van der Waals surface area contributed by atoms with Crippen molar-refractivity contribution in [2.75, 3.05) is 6.54 Å². The Morgan fingerprint density at radius 1 is 1.54 bits per heavy atom. The molecule has 0 radical (unpaired) electrons. The maximum absolute atomic E-state index is 5.09. The first-order valence-electron chi connectivity index (χ1n) is 4.53. The number of rotatable bonds is 3. The zero-order valence-electron chi connectivity index (χ0n) is 8.98. The molecule has 3 heteroatoms. The quantitative estimate of drug-likeness (QED) is 0.539. The Hall–Kier alpha value is -0.570. The molecule has 1 unspecified atom stereocenters. The van der Waals surface area contributed by atoms with Crippen molar-refractivity contribution in [2.45, 2.75) is 33.7 Å². The summed E-state index contributed by atoms with van der Waals surface area (Å²) in [6.07, 6.45) is 1.79. The lowest BCUT2D eigenvalue weighted by Gasteiger charge is -2.29. The molecule has 76 valence electrons. The third kappa shape index (κ3) is 5.64. The van der Waals surface area contributed by atoms with Crippen LogP contribution in [0.3, 0.4) is 0 Å². The van der Waals surface area contributed by atoms with Crippen LogP contribution in [0.2, 0.25) is 0 Å². The van der Waals surface area contributed by atoms with E-state index in [0.717, 1.165) is 0 Å². The standard InChI is InChI=1S/C10H20N2S/c1-6-7-11-9(13)12-8(2)10(3,4)5/h6,8H,1,7H2,2-5H3,(H2,11,12,13). The molecule has 0 fully saturated rings. The molecule has 1 atom stereocenters. The fraction of sp³-hybridized carbons (Fsp3) is 0.700. The van der Waals surface area contributed by atoms with Gasteiger partial charge in [0, 0.05) is 12.6 Å². The highest BCUT2D eigenvalue weighted by Crippen LogP contribution is 2.18. The highest BCUT2D eigenvalue weighted by Gasteiger charge is 2.19. The SMILES string of the molecule is C=CCNC(=S)NC(C)C(C)(C)C. The van der Waals surface area contributed by atoms with E-state index in [-0.39, 0.29) is 5.41 Å². The van der Waals surface area contributed by atoms with Gasteiger partial charge in [0.15, 0.2) is 5.11 Å². The molecule has 0 aliphatic rings. The molecule has 2 N–H and O–H groups in total. The summed E-state index contributed by atoms with van der Waals surface area (Å²) in [5.74, 6) is 0. The van der Waals surface area contributed by atoms with Gasteiger partial charge in [0.05, 0.1) is 0 Å². The summed E-state index contributed by atoms with van der Waals surface area (Å²) in [5, 5.41) is 6.96. The number of thiocarbonyl (C=S) groups is 1. The fourth-order valence-electron chi connectivity index (χ4n) is 0.629. The molecule has 0 heterocycles. The third-order valence-corrected chi connectivity index (χ3v) is 2.32. The topological polar surface area (TPSA) is 24.1 Å². The van der Waals surface area contributed by atoms with Crippen molar-refractivity contribution in [1.29, 1.82) is 0 Å². The van der Waals surface area contributed by atoms with E-state index in [1.54, 1.807) is 6.08 Å².